The van der Waals surface area contributed by atoms with Gasteiger partial charge in [0.25, 0.3) is 0 Å². The number of hydrogen-bond acceptors (Lipinski definition) is 4. The van der Waals surface area contributed by atoms with Crippen LogP contribution in [-0.2, 0) is 6.42 Å². The second kappa shape index (κ2) is 8.93. The van der Waals surface area contributed by atoms with Gasteiger partial charge in [-0.1, -0.05) is 18.2 Å². The number of rotatable bonds is 7. The Morgan fingerprint density at radius 2 is 1.82 bits per heavy atom. The Balaban J connectivity index is 1.24. The Hall–Kier alpha value is -2.11. The molecule has 0 unspecified atom stereocenters. The molecule has 1 aliphatic heterocycles. The lowest BCUT2D eigenvalue weighted by molar-refractivity contribution is 0.252. The van der Waals surface area contributed by atoms with Crippen LogP contribution in [0.1, 0.15) is 18.4 Å². The van der Waals surface area contributed by atoms with Gasteiger partial charge in [-0.2, -0.15) is 0 Å². The van der Waals surface area contributed by atoms with Crippen molar-refractivity contribution < 1.29 is 9.13 Å². The molecule has 5 heteroatoms. The zero-order chi connectivity index (χ0) is 19.3. The van der Waals surface area contributed by atoms with Gasteiger partial charge in [-0.25, -0.2) is 4.39 Å². The lowest BCUT2D eigenvalue weighted by atomic mass is 10.1. The summed E-state index contributed by atoms with van der Waals surface area (Å²) < 4.78 is 20.7. The summed E-state index contributed by atoms with van der Waals surface area (Å²) in [4.78, 5) is 4.95. The first-order chi connectivity index (χ1) is 13.8. The Bertz CT molecular complexity index is 918. The van der Waals surface area contributed by atoms with Gasteiger partial charge in [-0.05, 0) is 61.0 Å². The van der Waals surface area contributed by atoms with Gasteiger partial charge in [0.15, 0.2) is 0 Å². The predicted octanol–water partition coefficient (Wildman–Crippen LogP) is 5.19. The van der Waals surface area contributed by atoms with Crippen LogP contribution >= 0.6 is 11.3 Å². The van der Waals surface area contributed by atoms with E-state index in [0.29, 0.717) is 0 Å². The molecule has 28 heavy (non-hydrogen) atoms. The van der Waals surface area contributed by atoms with Crippen LogP contribution in [0.5, 0.6) is 5.75 Å². The first-order valence-corrected chi connectivity index (χ1v) is 10.9. The number of nitrogens with zero attached hydrogens (tertiary/aromatic N) is 2. The number of para-hydroxylation sites is 2. The highest BCUT2D eigenvalue weighted by Crippen LogP contribution is 2.30. The van der Waals surface area contributed by atoms with E-state index >= 15 is 0 Å². The number of benzene rings is 2. The molecule has 1 aromatic heterocycles. The zero-order valence-corrected chi connectivity index (χ0v) is 17.2. The van der Waals surface area contributed by atoms with E-state index in [4.69, 9.17) is 4.74 Å². The normalized spacial score (nSPS) is 15.3. The third-order valence-electron chi connectivity index (χ3n) is 5.59. The first kappa shape index (κ1) is 19.2. The molecule has 0 atom stereocenters. The van der Waals surface area contributed by atoms with Crippen LogP contribution in [0.25, 0.3) is 10.1 Å². The fourth-order valence-corrected chi connectivity index (χ4v) is 5.05. The minimum atomic E-state index is -0.0822. The largest absolute Gasteiger partial charge is 0.495 e. The molecule has 2 heterocycles. The number of anilines is 1. The number of piperazine rings is 1. The third kappa shape index (κ3) is 4.15. The number of unbranched alkanes of at least 4 members (excludes halogenated alkanes) is 1. The van der Waals surface area contributed by atoms with Crippen LogP contribution in [0.4, 0.5) is 10.1 Å². The average molecular weight is 399 g/mol. The van der Waals surface area contributed by atoms with Gasteiger partial charge < -0.3 is 9.64 Å². The topological polar surface area (TPSA) is 15.7 Å². The quantitative estimate of drug-likeness (QED) is 0.509. The van der Waals surface area contributed by atoms with Gasteiger partial charge in [-0.15, -0.1) is 11.3 Å². The Morgan fingerprint density at radius 1 is 1.00 bits per heavy atom. The summed E-state index contributed by atoms with van der Waals surface area (Å²) in [5.41, 5.74) is 2.36. The summed E-state index contributed by atoms with van der Waals surface area (Å²) in [6.07, 6.45) is 3.22. The highest BCUT2D eigenvalue weighted by Gasteiger charge is 2.19. The van der Waals surface area contributed by atoms with Gasteiger partial charge in [0, 0.05) is 36.3 Å². The van der Waals surface area contributed by atoms with Crippen LogP contribution in [0.15, 0.2) is 47.8 Å². The summed E-state index contributed by atoms with van der Waals surface area (Å²) in [6, 6.07) is 13.6. The van der Waals surface area contributed by atoms with Crippen LogP contribution in [0, 0.1) is 5.82 Å². The molecular weight excluding hydrogens is 371 g/mol. The Kier molecular flexibility index (Phi) is 6.13. The minimum absolute atomic E-state index is 0.0822. The maximum absolute atomic E-state index is 14.1. The van der Waals surface area contributed by atoms with Crippen molar-refractivity contribution in [3.63, 3.8) is 0 Å². The van der Waals surface area contributed by atoms with Crippen LogP contribution in [0.3, 0.4) is 0 Å². The van der Waals surface area contributed by atoms with E-state index < -0.39 is 0 Å². The monoisotopic (exact) mass is 398 g/mol. The second-order valence-corrected chi connectivity index (χ2v) is 8.24. The summed E-state index contributed by atoms with van der Waals surface area (Å²) in [5.74, 6) is 0.868. The number of hydrogen-bond donors (Lipinski definition) is 0. The lowest BCUT2D eigenvalue weighted by Gasteiger charge is -2.36. The summed E-state index contributed by atoms with van der Waals surface area (Å²) in [5, 5.41) is 2.96. The van der Waals surface area contributed by atoms with E-state index in [-0.39, 0.29) is 5.82 Å². The molecule has 1 fully saturated rings. The summed E-state index contributed by atoms with van der Waals surface area (Å²) in [7, 11) is 1.73. The predicted molar refractivity (Wildman–Crippen MR) is 116 cm³/mol. The SMILES string of the molecule is COc1ccccc1N1CCN(CCCCc2csc3cccc(F)c23)CC1. The minimum Gasteiger partial charge on any atom is -0.495 e. The van der Waals surface area contributed by atoms with E-state index in [1.165, 1.54) is 11.3 Å². The maximum Gasteiger partial charge on any atom is 0.142 e. The van der Waals surface area contributed by atoms with Crippen LogP contribution in [-0.4, -0.2) is 44.7 Å². The van der Waals surface area contributed by atoms with Gasteiger partial charge in [0.05, 0.1) is 12.8 Å². The molecule has 0 bridgehead atoms. The summed E-state index contributed by atoms with van der Waals surface area (Å²) in [6.45, 7) is 5.33. The molecule has 0 aliphatic carbocycles. The van der Waals surface area contributed by atoms with E-state index in [1.54, 1.807) is 30.6 Å². The molecule has 1 aliphatic rings. The number of aryl methyl sites for hydroxylation is 1. The Labute approximate surface area is 170 Å². The summed E-state index contributed by atoms with van der Waals surface area (Å²) >= 11 is 1.65. The van der Waals surface area contributed by atoms with Gasteiger partial charge >= 0.3 is 0 Å². The number of thiophene rings is 1. The standard InChI is InChI=1S/C23H27FN2OS/c1-27-21-10-3-2-9-20(21)26-15-13-25(14-16-26)12-5-4-7-18-17-28-22-11-6-8-19(24)23(18)22/h2-3,6,8-11,17H,4-5,7,12-16H2,1H3. The lowest BCUT2D eigenvalue weighted by Crippen LogP contribution is -2.46. The molecule has 4 rings (SSSR count). The van der Waals surface area contributed by atoms with Crippen molar-refractivity contribution in [3.05, 3.63) is 59.2 Å². The smallest absolute Gasteiger partial charge is 0.142 e. The van der Waals surface area contributed by atoms with Crippen molar-refractivity contribution in [3.8, 4) is 5.75 Å². The molecule has 3 aromatic rings. The van der Waals surface area contributed by atoms with Gasteiger partial charge in [-0.3, -0.25) is 4.90 Å². The van der Waals surface area contributed by atoms with Crippen molar-refractivity contribution >= 4 is 27.1 Å². The highest BCUT2D eigenvalue weighted by molar-refractivity contribution is 7.17. The molecule has 0 saturated carbocycles. The highest BCUT2D eigenvalue weighted by atomic mass is 32.1. The van der Waals surface area contributed by atoms with E-state index in [9.17, 15) is 4.39 Å². The van der Waals surface area contributed by atoms with E-state index in [0.717, 1.165) is 67.8 Å². The maximum atomic E-state index is 14.1. The third-order valence-corrected chi connectivity index (χ3v) is 6.59. The van der Waals surface area contributed by atoms with E-state index in [1.807, 2.05) is 18.2 Å². The molecule has 0 radical (unpaired) electrons. The number of fused-ring (bicyclic) bond motifs is 1. The van der Waals surface area contributed by atoms with Gasteiger partial charge in [0.2, 0.25) is 0 Å². The number of halogens is 1. The molecule has 0 spiro atoms. The zero-order valence-electron chi connectivity index (χ0n) is 16.4. The van der Waals surface area contributed by atoms with Crippen molar-refractivity contribution in [2.45, 2.75) is 19.3 Å². The average Bonchev–Trinajstić information content (AvgIpc) is 3.16. The molecule has 0 N–H and O–H groups in total. The van der Waals surface area contributed by atoms with Gasteiger partial charge in [0.1, 0.15) is 11.6 Å². The molecule has 0 amide bonds. The first-order valence-electron chi connectivity index (χ1n) is 10.0. The van der Waals surface area contributed by atoms with Crippen molar-refractivity contribution in [2.24, 2.45) is 0 Å². The number of methoxy groups -OCH3 is 1. The number of ether oxygens (including phenoxy) is 1. The van der Waals surface area contributed by atoms with Crippen LogP contribution in [0.2, 0.25) is 0 Å². The Morgan fingerprint density at radius 3 is 2.64 bits per heavy atom. The molecule has 148 valence electrons. The molecule has 3 nitrogen and oxygen atoms in total. The van der Waals surface area contributed by atoms with Crippen molar-refractivity contribution in [2.75, 3.05) is 44.7 Å². The second-order valence-electron chi connectivity index (χ2n) is 7.33. The molecule has 1 saturated heterocycles. The van der Waals surface area contributed by atoms with E-state index in [2.05, 4.69) is 27.3 Å². The van der Waals surface area contributed by atoms with Crippen LogP contribution < -0.4 is 9.64 Å². The molecular formula is C23H27FN2OS. The molecule has 2 aromatic carbocycles. The van der Waals surface area contributed by atoms with Crippen molar-refractivity contribution in [1.82, 2.24) is 4.90 Å². The fraction of sp³-hybridized carbons (Fsp3) is 0.391. The van der Waals surface area contributed by atoms with Crippen molar-refractivity contribution in [1.29, 1.82) is 0 Å². The fourth-order valence-electron chi connectivity index (χ4n) is 4.05.